The van der Waals surface area contributed by atoms with Gasteiger partial charge < -0.3 is 14.5 Å². The van der Waals surface area contributed by atoms with E-state index in [1.165, 1.54) is 44.8 Å². The molecule has 1 aliphatic carbocycles. The van der Waals surface area contributed by atoms with E-state index in [9.17, 15) is 0 Å². The molecule has 5 aromatic carbocycles. The van der Waals surface area contributed by atoms with E-state index in [0.717, 1.165) is 35.1 Å². The monoisotopic (exact) mass is 655 g/mol. The van der Waals surface area contributed by atoms with Crippen LogP contribution in [0.5, 0.6) is 11.5 Å². The first-order chi connectivity index (χ1) is 23.9. The van der Waals surface area contributed by atoms with Crippen LogP contribution in [0.1, 0.15) is 75.1 Å². The second-order valence-corrected chi connectivity index (χ2v) is 15.9. The highest BCUT2D eigenvalue weighted by atomic mass is 16.5. The minimum Gasteiger partial charge on any atom is -0.457 e. The van der Waals surface area contributed by atoms with Crippen LogP contribution in [-0.4, -0.2) is 18.7 Å². The molecule has 50 heavy (non-hydrogen) atoms. The largest absolute Gasteiger partial charge is 0.457 e. The van der Waals surface area contributed by atoms with Crippen molar-refractivity contribution in [1.29, 1.82) is 0 Å². The summed E-state index contributed by atoms with van der Waals surface area (Å²) in [7, 11) is 2.15. The standard InChI is InChI=1S/C46H45N3O/c1-44(2,3)31-23-24-47-43(28-31)46(39-19-10-8-17-37(39)38-18-9-11-20-40(38)46)32-15-14-16-35(26-32)50-36-27-33(45(4,5)6)25-34(29-36)49-30-48(7)41-21-12-13-22-42(41)49/h8-29H,30H2,1-7H3. The summed E-state index contributed by atoms with van der Waals surface area (Å²) in [4.78, 5) is 9.84. The molecule has 0 N–H and O–H groups in total. The van der Waals surface area contributed by atoms with Crippen molar-refractivity contribution in [2.75, 3.05) is 23.5 Å². The Morgan fingerprint density at radius 1 is 0.600 bits per heavy atom. The maximum Gasteiger partial charge on any atom is 0.129 e. The van der Waals surface area contributed by atoms with Crippen molar-refractivity contribution < 1.29 is 4.74 Å². The number of benzene rings is 5. The molecule has 0 radical (unpaired) electrons. The molecule has 1 aliphatic heterocycles. The zero-order valence-electron chi connectivity index (χ0n) is 30.2. The van der Waals surface area contributed by atoms with Gasteiger partial charge in [-0.1, -0.05) is 114 Å². The van der Waals surface area contributed by atoms with Crippen molar-refractivity contribution in [1.82, 2.24) is 4.98 Å². The van der Waals surface area contributed by atoms with Crippen LogP contribution in [0.3, 0.4) is 0 Å². The number of pyridine rings is 1. The Morgan fingerprint density at radius 2 is 1.24 bits per heavy atom. The minimum atomic E-state index is -0.615. The van der Waals surface area contributed by atoms with Crippen LogP contribution in [0, 0.1) is 0 Å². The number of para-hydroxylation sites is 2. The quantitative estimate of drug-likeness (QED) is 0.184. The van der Waals surface area contributed by atoms with Gasteiger partial charge in [0.05, 0.1) is 29.2 Å². The number of nitrogens with zero attached hydrogens (tertiary/aromatic N) is 3. The highest BCUT2D eigenvalue weighted by molar-refractivity contribution is 5.86. The van der Waals surface area contributed by atoms with Gasteiger partial charge in [0.25, 0.3) is 0 Å². The van der Waals surface area contributed by atoms with Crippen LogP contribution in [0.2, 0.25) is 0 Å². The number of fused-ring (bicyclic) bond motifs is 4. The van der Waals surface area contributed by atoms with Crippen molar-refractivity contribution in [2.24, 2.45) is 0 Å². The number of anilines is 3. The highest BCUT2D eigenvalue weighted by Crippen LogP contribution is 2.56. The van der Waals surface area contributed by atoms with E-state index in [1.54, 1.807) is 0 Å². The normalized spacial score (nSPS) is 14.7. The van der Waals surface area contributed by atoms with E-state index in [0.29, 0.717) is 0 Å². The fourth-order valence-electron chi connectivity index (χ4n) is 7.83. The van der Waals surface area contributed by atoms with Gasteiger partial charge in [-0.25, -0.2) is 0 Å². The molecule has 0 fully saturated rings. The molecule has 0 bridgehead atoms. The summed E-state index contributed by atoms with van der Waals surface area (Å²) in [5, 5.41) is 0. The third kappa shape index (κ3) is 5.17. The lowest BCUT2D eigenvalue weighted by Gasteiger charge is -2.34. The van der Waals surface area contributed by atoms with Gasteiger partial charge in [0.1, 0.15) is 11.5 Å². The number of rotatable bonds is 5. The van der Waals surface area contributed by atoms with Crippen molar-refractivity contribution in [2.45, 2.75) is 57.8 Å². The van der Waals surface area contributed by atoms with E-state index in [-0.39, 0.29) is 10.8 Å². The molecule has 250 valence electrons. The fraction of sp³-hybridized carbons (Fsp3) is 0.239. The molecule has 0 spiro atoms. The SMILES string of the molecule is CN1CN(c2cc(Oc3cccc(C4(c5cc(C(C)(C)C)ccn5)c5ccccc5-c5ccccc54)c3)cc(C(C)(C)C)c2)c2ccccc21. The lowest BCUT2D eigenvalue weighted by molar-refractivity contribution is 0.477. The number of hydrogen-bond acceptors (Lipinski definition) is 4. The maximum absolute atomic E-state index is 6.90. The van der Waals surface area contributed by atoms with Crippen molar-refractivity contribution in [3.05, 3.63) is 167 Å². The first kappa shape index (κ1) is 31.9. The molecule has 2 heterocycles. The van der Waals surface area contributed by atoms with E-state index in [2.05, 4.69) is 186 Å². The molecule has 6 aromatic rings. The van der Waals surface area contributed by atoms with Gasteiger partial charge in [0.2, 0.25) is 0 Å². The molecule has 0 saturated carbocycles. The Balaban J connectivity index is 1.29. The minimum absolute atomic E-state index is 0.0259. The van der Waals surface area contributed by atoms with Crippen LogP contribution in [0.25, 0.3) is 11.1 Å². The number of hydrogen-bond donors (Lipinski definition) is 0. The van der Waals surface area contributed by atoms with E-state index < -0.39 is 5.41 Å². The summed E-state index contributed by atoms with van der Waals surface area (Å²) in [6.07, 6.45) is 1.98. The van der Waals surface area contributed by atoms with E-state index in [1.807, 2.05) is 6.20 Å². The Labute approximate surface area is 297 Å². The van der Waals surface area contributed by atoms with Gasteiger partial charge >= 0.3 is 0 Å². The first-order valence-corrected chi connectivity index (χ1v) is 17.6. The van der Waals surface area contributed by atoms with Crippen LogP contribution < -0.4 is 14.5 Å². The molecule has 0 unspecified atom stereocenters. The van der Waals surface area contributed by atoms with Crippen molar-refractivity contribution in [3.63, 3.8) is 0 Å². The average molecular weight is 656 g/mol. The number of aromatic nitrogens is 1. The Morgan fingerprint density at radius 3 is 1.92 bits per heavy atom. The smallest absolute Gasteiger partial charge is 0.129 e. The molecular weight excluding hydrogens is 611 g/mol. The van der Waals surface area contributed by atoms with Gasteiger partial charge in [0, 0.05) is 25.0 Å². The lowest BCUT2D eigenvalue weighted by Crippen LogP contribution is -2.30. The highest BCUT2D eigenvalue weighted by Gasteiger charge is 2.47. The van der Waals surface area contributed by atoms with Gasteiger partial charge in [-0.2, -0.15) is 0 Å². The lowest BCUT2D eigenvalue weighted by atomic mass is 9.69. The summed E-state index contributed by atoms with van der Waals surface area (Å²) < 4.78 is 6.90. The molecule has 0 atom stereocenters. The van der Waals surface area contributed by atoms with Crippen molar-refractivity contribution >= 4 is 17.1 Å². The number of ether oxygens (including phenoxy) is 1. The summed E-state index contributed by atoms with van der Waals surface area (Å²) in [6.45, 7) is 14.4. The Kier molecular flexibility index (Phi) is 7.41. The van der Waals surface area contributed by atoms with Gasteiger partial charge in [-0.15, -0.1) is 0 Å². The van der Waals surface area contributed by atoms with Crippen LogP contribution >= 0.6 is 0 Å². The van der Waals surface area contributed by atoms with E-state index >= 15 is 0 Å². The second-order valence-electron chi connectivity index (χ2n) is 15.9. The maximum atomic E-state index is 6.90. The molecule has 0 amide bonds. The third-order valence-corrected chi connectivity index (χ3v) is 10.5. The zero-order chi connectivity index (χ0) is 34.8. The van der Waals surface area contributed by atoms with E-state index in [4.69, 9.17) is 9.72 Å². The fourth-order valence-corrected chi connectivity index (χ4v) is 7.83. The van der Waals surface area contributed by atoms with Crippen LogP contribution in [0.15, 0.2) is 134 Å². The predicted molar refractivity (Wildman–Crippen MR) is 207 cm³/mol. The Hall–Kier alpha value is -5.35. The van der Waals surface area contributed by atoms with Crippen LogP contribution in [0.4, 0.5) is 17.1 Å². The van der Waals surface area contributed by atoms with Crippen LogP contribution in [-0.2, 0) is 16.2 Å². The average Bonchev–Trinajstić information content (AvgIpc) is 3.60. The molecule has 1 aromatic heterocycles. The molecule has 0 saturated heterocycles. The van der Waals surface area contributed by atoms with Crippen molar-refractivity contribution in [3.8, 4) is 22.6 Å². The molecule has 8 rings (SSSR count). The molecule has 2 aliphatic rings. The summed E-state index contributed by atoms with van der Waals surface area (Å²) in [5.74, 6) is 1.62. The first-order valence-electron chi connectivity index (χ1n) is 17.6. The summed E-state index contributed by atoms with van der Waals surface area (Å²) >= 11 is 0. The van der Waals surface area contributed by atoms with Gasteiger partial charge in [0.15, 0.2) is 0 Å². The molecule has 4 nitrogen and oxygen atoms in total. The topological polar surface area (TPSA) is 28.6 Å². The Bertz CT molecular complexity index is 2190. The molecular formula is C46H45N3O. The summed E-state index contributed by atoms with van der Waals surface area (Å²) in [5.41, 5.74) is 12.5. The summed E-state index contributed by atoms with van der Waals surface area (Å²) in [6, 6.07) is 46.1. The molecule has 4 heteroatoms. The zero-order valence-corrected chi connectivity index (χ0v) is 30.2. The third-order valence-electron chi connectivity index (χ3n) is 10.5. The second kappa shape index (κ2) is 11.6. The van der Waals surface area contributed by atoms with Gasteiger partial charge in [-0.3, -0.25) is 4.98 Å². The van der Waals surface area contributed by atoms with Gasteiger partial charge in [-0.05, 0) is 98.3 Å². The predicted octanol–water partition coefficient (Wildman–Crippen LogP) is 11.4.